The Hall–Kier alpha value is -0.120. The lowest BCUT2D eigenvalue weighted by atomic mass is 9.77. The second kappa shape index (κ2) is 9.73. The van der Waals surface area contributed by atoms with Gasteiger partial charge in [0.1, 0.15) is 0 Å². The lowest BCUT2D eigenvalue weighted by Gasteiger charge is -2.39. The zero-order valence-corrected chi connectivity index (χ0v) is 12.7. The molecule has 0 aliphatic heterocycles. The summed E-state index contributed by atoms with van der Waals surface area (Å²) in [4.78, 5) is 0. The molecule has 0 unspecified atom stereocenters. The van der Waals surface area contributed by atoms with Gasteiger partial charge in [0, 0.05) is 19.8 Å². The largest absolute Gasteiger partial charge is 0.396 e. The maximum Gasteiger partial charge on any atom is 0.0804 e. The third-order valence-corrected chi connectivity index (χ3v) is 4.55. The zero-order chi connectivity index (χ0) is 14.0. The normalized spacial score (nSPS) is 27.6. The average molecular weight is 271 g/mol. The first kappa shape index (κ1) is 16.9. The molecule has 0 heterocycles. The highest BCUT2D eigenvalue weighted by molar-refractivity contribution is 4.88. The van der Waals surface area contributed by atoms with E-state index < -0.39 is 0 Å². The summed E-state index contributed by atoms with van der Waals surface area (Å²) in [6, 6.07) is 0. The summed E-state index contributed by atoms with van der Waals surface area (Å²) in [7, 11) is 0. The van der Waals surface area contributed by atoms with Crippen LogP contribution in [0.5, 0.6) is 0 Å². The molecule has 114 valence electrons. The Morgan fingerprint density at radius 1 is 1.16 bits per heavy atom. The second-order valence-corrected chi connectivity index (χ2v) is 6.11. The van der Waals surface area contributed by atoms with Gasteiger partial charge in [0.15, 0.2) is 0 Å². The summed E-state index contributed by atoms with van der Waals surface area (Å²) in [5.74, 6) is 0.901. The van der Waals surface area contributed by atoms with E-state index >= 15 is 0 Å². The topological polar surface area (TPSA) is 55.5 Å². The van der Waals surface area contributed by atoms with Gasteiger partial charge in [0.2, 0.25) is 0 Å². The maximum atomic E-state index is 8.73. The number of hydrogen-bond acceptors (Lipinski definition) is 3. The number of nitrogens with two attached hydrogens (primary N) is 1. The van der Waals surface area contributed by atoms with E-state index in [4.69, 9.17) is 15.6 Å². The van der Waals surface area contributed by atoms with Crippen molar-refractivity contribution < 1.29 is 9.84 Å². The Morgan fingerprint density at radius 2 is 1.84 bits per heavy atom. The fourth-order valence-electron chi connectivity index (χ4n) is 3.16. The number of aliphatic hydroxyl groups excluding tert-OH is 1. The van der Waals surface area contributed by atoms with Crippen molar-refractivity contribution in [1.82, 2.24) is 0 Å². The van der Waals surface area contributed by atoms with Crippen molar-refractivity contribution >= 4 is 0 Å². The van der Waals surface area contributed by atoms with Gasteiger partial charge in [0.05, 0.1) is 5.60 Å². The first-order valence-corrected chi connectivity index (χ1v) is 8.21. The van der Waals surface area contributed by atoms with Crippen LogP contribution in [0, 0.1) is 5.92 Å². The van der Waals surface area contributed by atoms with Gasteiger partial charge in [-0.15, -0.1) is 0 Å². The lowest BCUT2D eigenvalue weighted by molar-refractivity contribution is -0.0730. The van der Waals surface area contributed by atoms with Gasteiger partial charge in [-0.25, -0.2) is 0 Å². The van der Waals surface area contributed by atoms with Crippen molar-refractivity contribution in [3.63, 3.8) is 0 Å². The van der Waals surface area contributed by atoms with Gasteiger partial charge in [-0.3, -0.25) is 0 Å². The standard InChI is InChI=1S/C16H33NO2/c1-2-7-15-8-10-16(14-17,11-9-15)19-13-6-4-3-5-12-18/h15,18H,2-14,17H2,1H3. The Labute approximate surface area is 118 Å². The van der Waals surface area contributed by atoms with Crippen molar-refractivity contribution in [3.05, 3.63) is 0 Å². The van der Waals surface area contributed by atoms with Crippen LogP contribution in [-0.2, 0) is 4.74 Å². The highest BCUT2D eigenvalue weighted by atomic mass is 16.5. The van der Waals surface area contributed by atoms with Crippen molar-refractivity contribution in [2.24, 2.45) is 11.7 Å². The Kier molecular flexibility index (Phi) is 8.67. The van der Waals surface area contributed by atoms with Crippen LogP contribution in [0.25, 0.3) is 0 Å². The van der Waals surface area contributed by atoms with Crippen LogP contribution in [-0.4, -0.2) is 30.5 Å². The van der Waals surface area contributed by atoms with E-state index in [2.05, 4.69) is 6.92 Å². The molecule has 0 bridgehead atoms. The van der Waals surface area contributed by atoms with Crippen molar-refractivity contribution in [2.75, 3.05) is 19.8 Å². The van der Waals surface area contributed by atoms with Crippen LogP contribution in [0.1, 0.15) is 71.1 Å². The van der Waals surface area contributed by atoms with Crippen LogP contribution in [0.2, 0.25) is 0 Å². The molecule has 1 rings (SSSR count). The van der Waals surface area contributed by atoms with Gasteiger partial charge in [-0.1, -0.05) is 32.6 Å². The molecule has 19 heavy (non-hydrogen) atoms. The third kappa shape index (κ3) is 6.24. The van der Waals surface area contributed by atoms with Gasteiger partial charge in [-0.05, 0) is 44.4 Å². The summed E-state index contributed by atoms with van der Waals surface area (Å²) in [5.41, 5.74) is 5.94. The lowest BCUT2D eigenvalue weighted by Crippen LogP contribution is -2.44. The molecule has 0 radical (unpaired) electrons. The van der Waals surface area contributed by atoms with Crippen molar-refractivity contribution in [2.45, 2.75) is 76.7 Å². The molecule has 0 amide bonds. The fourth-order valence-corrected chi connectivity index (χ4v) is 3.16. The molecule has 0 atom stereocenters. The molecule has 1 aliphatic carbocycles. The van der Waals surface area contributed by atoms with Gasteiger partial charge >= 0.3 is 0 Å². The molecule has 1 aliphatic rings. The molecule has 3 N–H and O–H groups in total. The second-order valence-electron chi connectivity index (χ2n) is 6.11. The molecule has 0 spiro atoms. The molecule has 1 fully saturated rings. The molecule has 0 saturated heterocycles. The SMILES string of the molecule is CCCC1CCC(CN)(OCCCCCCO)CC1. The average Bonchev–Trinajstić information content (AvgIpc) is 2.45. The minimum absolute atomic E-state index is 0.0266. The number of aliphatic hydroxyl groups is 1. The monoisotopic (exact) mass is 271 g/mol. The number of ether oxygens (including phenoxy) is 1. The Bertz CT molecular complexity index is 213. The van der Waals surface area contributed by atoms with Crippen LogP contribution < -0.4 is 5.73 Å². The smallest absolute Gasteiger partial charge is 0.0804 e. The summed E-state index contributed by atoms with van der Waals surface area (Å²) < 4.78 is 6.14. The molecular formula is C16H33NO2. The number of unbranched alkanes of at least 4 members (excludes halogenated alkanes) is 3. The predicted molar refractivity (Wildman–Crippen MR) is 80.2 cm³/mol. The fraction of sp³-hybridized carbons (Fsp3) is 1.00. The van der Waals surface area contributed by atoms with Gasteiger partial charge < -0.3 is 15.6 Å². The van der Waals surface area contributed by atoms with Crippen LogP contribution in [0.4, 0.5) is 0 Å². The Balaban J connectivity index is 2.18. The number of hydrogen-bond donors (Lipinski definition) is 2. The number of rotatable bonds is 10. The predicted octanol–water partition coefficient (Wildman–Crippen LogP) is 3.24. The first-order chi connectivity index (χ1) is 9.26. The highest BCUT2D eigenvalue weighted by Crippen LogP contribution is 2.36. The van der Waals surface area contributed by atoms with E-state index in [0.717, 1.165) is 51.0 Å². The molecule has 0 aromatic rings. The van der Waals surface area contributed by atoms with Gasteiger partial charge in [-0.2, -0.15) is 0 Å². The zero-order valence-electron chi connectivity index (χ0n) is 12.7. The first-order valence-electron chi connectivity index (χ1n) is 8.21. The van der Waals surface area contributed by atoms with Crippen LogP contribution in [0.15, 0.2) is 0 Å². The Morgan fingerprint density at radius 3 is 2.42 bits per heavy atom. The molecule has 3 heteroatoms. The van der Waals surface area contributed by atoms with Crippen LogP contribution >= 0.6 is 0 Å². The van der Waals surface area contributed by atoms with E-state index in [0.29, 0.717) is 13.2 Å². The summed E-state index contributed by atoms with van der Waals surface area (Å²) >= 11 is 0. The van der Waals surface area contributed by atoms with E-state index in [9.17, 15) is 0 Å². The minimum atomic E-state index is -0.0266. The van der Waals surface area contributed by atoms with Crippen LogP contribution in [0.3, 0.4) is 0 Å². The molecular weight excluding hydrogens is 238 g/mol. The molecule has 0 aromatic heterocycles. The van der Waals surface area contributed by atoms with E-state index in [-0.39, 0.29) is 5.60 Å². The third-order valence-electron chi connectivity index (χ3n) is 4.55. The van der Waals surface area contributed by atoms with E-state index in [1.165, 1.54) is 25.7 Å². The maximum absolute atomic E-state index is 8.73. The summed E-state index contributed by atoms with van der Waals surface area (Å²) in [6.07, 6.45) is 11.8. The molecule has 1 saturated carbocycles. The molecule has 3 nitrogen and oxygen atoms in total. The van der Waals surface area contributed by atoms with Crippen molar-refractivity contribution in [1.29, 1.82) is 0 Å². The van der Waals surface area contributed by atoms with Gasteiger partial charge in [0.25, 0.3) is 0 Å². The van der Waals surface area contributed by atoms with Crippen molar-refractivity contribution in [3.8, 4) is 0 Å². The summed E-state index contributed by atoms with van der Waals surface area (Å²) in [6.45, 7) is 4.09. The minimum Gasteiger partial charge on any atom is -0.396 e. The quantitative estimate of drug-likeness (QED) is 0.600. The van der Waals surface area contributed by atoms with E-state index in [1.54, 1.807) is 0 Å². The molecule has 0 aromatic carbocycles. The summed E-state index contributed by atoms with van der Waals surface area (Å²) in [5, 5.41) is 8.73. The van der Waals surface area contributed by atoms with E-state index in [1.807, 2.05) is 0 Å². The highest BCUT2D eigenvalue weighted by Gasteiger charge is 2.34.